The maximum atomic E-state index is 11.9. The standard InChI is InChI=1S/C11H12N4O2/c16-10-9(7-2-1-3-12-7)8-6(4-13-10)5-14-15-11(8)17/h4-5,7,12H,1-3H2,(H,13,16)(H,15,17). The first kappa shape index (κ1) is 10.2. The van der Waals surface area contributed by atoms with Crippen molar-refractivity contribution < 1.29 is 0 Å². The van der Waals surface area contributed by atoms with Crippen LogP contribution in [0.5, 0.6) is 0 Å². The summed E-state index contributed by atoms with van der Waals surface area (Å²) in [6.45, 7) is 0.878. The van der Waals surface area contributed by atoms with Crippen LogP contribution in [0.1, 0.15) is 24.4 Å². The van der Waals surface area contributed by atoms with E-state index in [4.69, 9.17) is 0 Å². The van der Waals surface area contributed by atoms with Gasteiger partial charge in [0.1, 0.15) is 0 Å². The summed E-state index contributed by atoms with van der Waals surface area (Å²) in [6, 6.07) is -0.0362. The van der Waals surface area contributed by atoms with Gasteiger partial charge in [0.15, 0.2) is 0 Å². The molecule has 1 fully saturated rings. The second-order valence-corrected chi connectivity index (χ2v) is 4.21. The molecule has 88 valence electrons. The second-order valence-electron chi connectivity index (χ2n) is 4.21. The Labute approximate surface area is 96.1 Å². The molecule has 1 aliphatic rings. The monoisotopic (exact) mass is 232 g/mol. The Morgan fingerprint density at radius 1 is 1.29 bits per heavy atom. The zero-order valence-electron chi connectivity index (χ0n) is 9.12. The number of aromatic amines is 2. The molecular formula is C11H12N4O2. The molecule has 0 bridgehead atoms. The number of nitrogens with one attached hydrogen (secondary N) is 3. The molecule has 1 saturated heterocycles. The fourth-order valence-corrected chi connectivity index (χ4v) is 2.40. The van der Waals surface area contributed by atoms with Crippen LogP contribution in [0.3, 0.4) is 0 Å². The number of pyridine rings is 1. The molecule has 3 rings (SSSR count). The second kappa shape index (κ2) is 3.81. The molecule has 6 nitrogen and oxygen atoms in total. The van der Waals surface area contributed by atoms with Gasteiger partial charge in [-0.1, -0.05) is 0 Å². The predicted molar refractivity (Wildman–Crippen MR) is 63.0 cm³/mol. The molecule has 0 aliphatic carbocycles. The van der Waals surface area contributed by atoms with Crippen molar-refractivity contribution in [3.8, 4) is 0 Å². The molecule has 3 heterocycles. The van der Waals surface area contributed by atoms with Gasteiger partial charge in [-0.25, -0.2) is 5.10 Å². The van der Waals surface area contributed by atoms with Gasteiger partial charge in [0.05, 0.1) is 11.6 Å². The molecule has 0 spiro atoms. The lowest BCUT2D eigenvalue weighted by atomic mass is 10.0. The molecule has 3 N–H and O–H groups in total. The summed E-state index contributed by atoms with van der Waals surface area (Å²) in [4.78, 5) is 26.4. The molecule has 1 aliphatic heterocycles. The average molecular weight is 232 g/mol. The van der Waals surface area contributed by atoms with Crippen molar-refractivity contribution in [3.63, 3.8) is 0 Å². The first-order valence-electron chi connectivity index (χ1n) is 5.60. The molecular weight excluding hydrogens is 220 g/mol. The molecule has 1 atom stereocenters. The zero-order chi connectivity index (χ0) is 11.8. The molecule has 6 heteroatoms. The minimum Gasteiger partial charge on any atom is -0.328 e. The molecule has 2 aromatic heterocycles. The number of hydrogen-bond donors (Lipinski definition) is 3. The molecule has 17 heavy (non-hydrogen) atoms. The van der Waals surface area contributed by atoms with Crippen LogP contribution in [0.25, 0.3) is 10.8 Å². The lowest BCUT2D eigenvalue weighted by Gasteiger charge is -2.11. The van der Waals surface area contributed by atoms with Gasteiger partial charge in [-0.2, -0.15) is 5.10 Å². The van der Waals surface area contributed by atoms with Gasteiger partial charge in [0.25, 0.3) is 11.1 Å². The first-order valence-corrected chi connectivity index (χ1v) is 5.60. The van der Waals surface area contributed by atoms with Gasteiger partial charge in [0, 0.05) is 23.2 Å². The summed E-state index contributed by atoms with van der Waals surface area (Å²) in [5.74, 6) is 0. The van der Waals surface area contributed by atoms with E-state index in [1.165, 1.54) is 6.20 Å². The van der Waals surface area contributed by atoms with E-state index in [1.54, 1.807) is 6.20 Å². The van der Waals surface area contributed by atoms with E-state index in [0.717, 1.165) is 19.4 Å². The van der Waals surface area contributed by atoms with Gasteiger partial charge >= 0.3 is 0 Å². The largest absolute Gasteiger partial charge is 0.328 e. The van der Waals surface area contributed by atoms with Crippen LogP contribution in [0, 0.1) is 0 Å². The van der Waals surface area contributed by atoms with Crippen molar-refractivity contribution in [3.05, 3.63) is 38.7 Å². The summed E-state index contributed by atoms with van der Waals surface area (Å²) in [5, 5.41) is 10.5. The average Bonchev–Trinajstić information content (AvgIpc) is 2.83. The van der Waals surface area contributed by atoms with Crippen LogP contribution in [0.15, 0.2) is 22.0 Å². The van der Waals surface area contributed by atoms with Crippen LogP contribution in [-0.2, 0) is 0 Å². The van der Waals surface area contributed by atoms with Gasteiger partial charge < -0.3 is 10.3 Å². The molecule has 0 aromatic carbocycles. The molecule has 0 saturated carbocycles. The van der Waals surface area contributed by atoms with Crippen LogP contribution >= 0.6 is 0 Å². The van der Waals surface area contributed by atoms with Gasteiger partial charge in [-0.3, -0.25) is 9.59 Å². The number of rotatable bonds is 1. The van der Waals surface area contributed by atoms with Crippen LogP contribution in [0.4, 0.5) is 0 Å². The van der Waals surface area contributed by atoms with E-state index in [9.17, 15) is 9.59 Å². The van der Waals surface area contributed by atoms with Crippen molar-refractivity contribution in [1.29, 1.82) is 0 Å². The third kappa shape index (κ3) is 1.57. The quantitative estimate of drug-likeness (QED) is 0.647. The lowest BCUT2D eigenvalue weighted by Crippen LogP contribution is -2.26. The Hall–Kier alpha value is -1.95. The molecule has 0 radical (unpaired) electrons. The van der Waals surface area contributed by atoms with E-state index in [0.29, 0.717) is 16.3 Å². The predicted octanol–water partition coefficient (Wildman–Crippen LogP) is 0.0359. The Morgan fingerprint density at radius 2 is 2.18 bits per heavy atom. The Kier molecular flexibility index (Phi) is 2.29. The topological polar surface area (TPSA) is 90.6 Å². The molecule has 0 amide bonds. The number of hydrogen-bond acceptors (Lipinski definition) is 4. The van der Waals surface area contributed by atoms with E-state index in [2.05, 4.69) is 20.5 Å². The lowest BCUT2D eigenvalue weighted by molar-refractivity contribution is 0.644. The maximum absolute atomic E-state index is 11.9. The van der Waals surface area contributed by atoms with Crippen molar-refractivity contribution in [2.45, 2.75) is 18.9 Å². The smallest absolute Gasteiger partial charge is 0.272 e. The van der Waals surface area contributed by atoms with Crippen molar-refractivity contribution in [1.82, 2.24) is 20.5 Å². The number of H-pyrrole nitrogens is 2. The number of aromatic nitrogens is 3. The van der Waals surface area contributed by atoms with Crippen molar-refractivity contribution in [2.75, 3.05) is 6.54 Å². The third-order valence-electron chi connectivity index (χ3n) is 3.17. The first-order chi connectivity index (χ1) is 8.27. The minimum atomic E-state index is -0.308. The van der Waals surface area contributed by atoms with Crippen molar-refractivity contribution in [2.24, 2.45) is 0 Å². The van der Waals surface area contributed by atoms with E-state index in [-0.39, 0.29) is 17.2 Å². The summed E-state index contributed by atoms with van der Waals surface area (Å²) < 4.78 is 0. The van der Waals surface area contributed by atoms with Crippen LogP contribution in [-0.4, -0.2) is 21.7 Å². The third-order valence-corrected chi connectivity index (χ3v) is 3.17. The highest BCUT2D eigenvalue weighted by Gasteiger charge is 2.22. The zero-order valence-corrected chi connectivity index (χ0v) is 9.12. The van der Waals surface area contributed by atoms with Crippen LogP contribution in [0.2, 0.25) is 0 Å². The van der Waals surface area contributed by atoms with E-state index < -0.39 is 0 Å². The molecule has 1 unspecified atom stereocenters. The van der Waals surface area contributed by atoms with Gasteiger partial charge in [-0.05, 0) is 19.4 Å². The van der Waals surface area contributed by atoms with E-state index in [1.807, 2.05) is 0 Å². The summed E-state index contributed by atoms with van der Waals surface area (Å²) in [7, 11) is 0. The highest BCUT2D eigenvalue weighted by atomic mass is 16.1. The Morgan fingerprint density at radius 3 is 2.94 bits per heavy atom. The van der Waals surface area contributed by atoms with E-state index >= 15 is 0 Å². The summed E-state index contributed by atoms with van der Waals surface area (Å²) >= 11 is 0. The normalized spacial score (nSPS) is 19.9. The SMILES string of the molecule is O=c1[nH]cc2cn[nH]c(=O)c2c1C1CCCN1. The minimum absolute atomic E-state index is 0.0362. The Bertz CT molecular complexity index is 667. The van der Waals surface area contributed by atoms with Gasteiger partial charge in [0.2, 0.25) is 0 Å². The summed E-state index contributed by atoms with van der Waals surface area (Å²) in [5.41, 5.74) is 0.0227. The van der Waals surface area contributed by atoms with Crippen LogP contribution < -0.4 is 16.4 Å². The highest BCUT2D eigenvalue weighted by molar-refractivity contribution is 5.83. The summed E-state index contributed by atoms with van der Waals surface area (Å²) in [6.07, 6.45) is 4.97. The number of nitrogens with zero attached hydrogens (tertiary/aromatic N) is 1. The Balaban J connectivity index is 2.38. The van der Waals surface area contributed by atoms with Gasteiger partial charge in [-0.15, -0.1) is 0 Å². The number of fused-ring (bicyclic) bond motifs is 1. The molecule has 2 aromatic rings. The fourth-order valence-electron chi connectivity index (χ4n) is 2.40. The fraction of sp³-hybridized carbons (Fsp3) is 0.364. The van der Waals surface area contributed by atoms with Crippen molar-refractivity contribution >= 4 is 10.8 Å². The highest BCUT2D eigenvalue weighted by Crippen LogP contribution is 2.23. The maximum Gasteiger partial charge on any atom is 0.272 e.